The fraction of sp³-hybridized carbons (Fsp3) is 0.571. The number of hydrogen-bond donors (Lipinski definition) is 2. The number of urea groups is 1. The van der Waals surface area contributed by atoms with Gasteiger partial charge in [0.15, 0.2) is 0 Å². The number of carbonyl (C=O) groups is 2. The molecule has 2 N–H and O–H groups in total. The van der Waals surface area contributed by atoms with Crippen LogP contribution in [0.4, 0.5) is 4.79 Å². The molecule has 0 bridgehead atoms. The van der Waals surface area contributed by atoms with Crippen LogP contribution in [-0.4, -0.2) is 35.1 Å². The van der Waals surface area contributed by atoms with E-state index in [1.165, 1.54) is 4.90 Å². The molecular weight excluding hydrogens is 276 g/mol. The Balaban J connectivity index is 2.61. The highest BCUT2D eigenvalue weighted by molar-refractivity contribution is 7.10. The molecule has 0 aromatic carbocycles. The maximum atomic E-state index is 12.1. The second kappa shape index (κ2) is 7.89. The Morgan fingerprint density at radius 1 is 1.50 bits per heavy atom. The highest BCUT2D eigenvalue weighted by Crippen LogP contribution is 2.23. The number of aliphatic carboxylic acids is 1. The Labute approximate surface area is 123 Å². The zero-order chi connectivity index (χ0) is 15.1. The highest BCUT2D eigenvalue weighted by atomic mass is 32.1. The van der Waals surface area contributed by atoms with Crippen molar-refractivity contribution in [3.63, 3.8) is 0 Å². The number of nitrogens with zero attached hydrogens (tertiary/aromatic N) is 1. The van der Waals surface area contributed by atoms with Crippen molar-refractivity contribution in [3.05, 3.63) is 22.4 Å². The first-order valence-corrected chi connectivity index (χ1v) is 7.64. The van der Waals surface area contributed by atoms with Gasteiger partial charge in [-0.25, -0.2) is 9.59 Å². The van der Waals surface area contributed by atoms with Gasteiger partial charge in [0.1, 0.15) is 6.04 Å². The SMILES string of the molecule is CCCC[C@H](NC(=O)N(C)C(C)c1cccs1)C(=O)O. The van der Waals surface area contributed by atoms with E-state index in [1.54, 1.807) is 18.4 Å². The van der Waals surface area contributed by atoms with Crippen LogP contribution in [0.15, 0.2) is 17.5 Å². The van der Waals surface area contributed by atoms with E-state index in [4.69, 9.17) is 5.11 Å². The van der Waals surface area contributed by atoms with E-state index >= 15 is 0 Å². The predicted molar refractivity (Wildman–Crippen MR) is 80.0 cm³/mol. The molecule has 2 amide bonds. The molecule has 0 saturated carbocycles. The lowest BCUT2D eigenvalue weighted by Gasteiger charge is -2.26. The van der Waals surface area contributed by atoms with E-state index in [0.717, 1.165) is 17.7 Å². The summed E-state index contributed by atoms with van der Waals surface area (Å²) in [6, 6.07) is 2.65. The van der Waals surface area contributed by atoms with E-state index in [0.29, 0.717) is 6.42 Å². The van der Waals surface area contributed by atoms with Gasteiger partial charge in [-0.15, -0.1) is 11.3 Å². The minimum atomic E-state index is -0.982. The van der Waals surface area contributed by atoms with Crippen LogP contribution >= 0.6 is 11.3 Å². The molecule has 1 aromatic rings. The van der Waals surface area contributed by atoms with Gasteiger partial charge >= 0.3 is 12.0 Å². The summed E-state index contributed by atoms with van der Waals surface area (Å²) in [6.07, 6.45) is 2.14. The van der Waals surface area contributed by atoms with Crippen molar-refractivity contribution < 1.29 is 14.7 Å². The monoisotopic (exact) mass is 298 g/mol. The zero-order valence-corrected chi connectivity index (χ0v) is 12.9. The lowest BCUT2D eigenvalue weighted by Crippen LogP contribution is -2.47. The number of thiophene rings is 1. The molecule has 1 rings (SSSR count). The lowest BCUT2D eigenvalue weighted by atomic mass is 10.1. The van der Waals surface area contributed by atoms with Gasteiger partial charge in [-0.05, 0) is 24.8 Å². The van der Waals surface area contributed by atoms with Gasteiger partial charge in [0.2, 0.25) is 0 Å². The Morgan fingerprint density at radius 2 is 2.20 bits per heavy atom. The predicted octanol–water partition coefficient (Wildman–Crippen LogP) is 3.09. The molecule has 6 heteroatoms. The van der Waals surface area contributed by atoms with Crippen molar-refractivity contribution in [1.82, 2.24) is 10.2 Å². The summed E-state index contributed by atoms with van der Waals surface area (Å²) < 4.78 is 0. The van der Waals surface area contributed by atoms with Crippen molar-refractivity contribution in [2.24, 2.45) is 0 Å². The molecule has 5 nitrogen and oxygen atoms in total. The van der Waals surface area contributed by atoms with Gasteiger partial charge in [0.25, 0.3) is 0 Å². The Morgan fingerprint density at radius 3 is 2.70 bits per heavy atom. The Bertz CT molecular complexity index is 434. The van der Waals surface area contributed by atoms with E-state index in [1.807, 2.05) is 31.4 Å². The molecular formula is C14H22N2O3S. The summed E-state index contributed by atoms with van der Waals surface area (Å²) in [4.78, 5) is 25.9. The molecule has 112 valence electrons. The fourth-order valence-electron chi connectivity index (χ4n) is 1.81. The minimum absolute atomic E-state index is 0.0735. The van der Waals surface area contributed by atoms with Crippen molar-refractivity contribution in [2.45, 2.75) is 45.2 Å². The van der Waals surface area contributed by atoms with Crippen molar-refractivity contribution >= 4 is 23.3 Å². The molecule has 1 unspecified atom stereocenters. The minimum Gasteiger partial charge on any atom is -0.480 e. The van der Waals surface area contributed by atoms with Crippen LogP contribution in [0.3, 0.4) is 0 Å². The van der Waals surface area contributed by atoms with Gasteiger partial charge < -0.3 is 15.3 Å². The van der Waals surface area contributed by atoms with E-state index in [9.17, 15) is 9.59 Å². The standard InChI is InChI=1S/C14H22N2O3S/c1-4-5-7-11(13(17)18)15-14(19)16(3)10(2)12-8-6-9-20-12/h6,8-11H,4-5,7H2,1-3H3,(H,15,19)(H,17,18)/t10?,11-/m0/s1. The second-order valence-corrected chi connectivity index (χ2v) is 5.76. The molecule has 0 saturated heterocycles. The van der Waals surface area contributed by atoms with Gasteiger partial charge in [-0.2, -0.15) is 0 Å². The molecule has 1 heterocycles. The lowest BCUT2D eigenvalue weighted by molar-refractivity contribution is -0.139. The molecule has 2 atom stereocenters. The first-order valence-electron chi connectivity index (χ1n) is 6.76. The van der Waals surface area contributed by atoms with Crippen LogP contribution in [0.2, 0.25) is 0 Å². The number of carboxylic acid groups (broad SMARTS) is 1. The molecule has 0 fully saturated rings. The Hall–Kier alpha value is -1.56. The smallest absolute Gasteiger partial charge is 0.326 e. The maximum Gasteiger partial charge on any atom is 0.326 e. The molecule has 0 spiro atoms. The molecule has 1 aromatic heterocycles. The average molecular weight is 298 g/mol. The summed E-state index contributed by atoms with van der Waals surface area (Å²) >= 11 is 1.58. The number of rotatable bonds is 7. The molecule has 0 aliphatic heterocycles. The summed E-state index contributed by atoms with van der Waals surface area (Å²) in [5.41, 5.74) is 0. The first-order chi connectivity index (χ1) is 9.47. The summed E-state index contributed by atoms with van der Waals surface area (Å²) in [5, 5.41) is 13.7. The second-order valence-electron chi connectivity index (χ2n) is 4.78. The van der Waals surface area contributed by atoms with Crippen molar-refractivity contribution in [3.8, 4) is 0 Å². The number of unbranched alkanes of at least 4 members (excludes halogenated alkanes) is 1. The van der Waals surface area contributed by atoms with E-state index in [-0.39, 0.29) is 12.1 Å². The topological polar surface area (TPSA) is 69.6 Å². The van der Waals surface area contributed by atoms with Gasteiger partial charge in [-0.3, -0.25) is 0 Å². The average Bonchev–Trinajstić information content (AvgIpc) is 2.95. The molecule has 20 heavy (non-hydrogen) atoms. The van der Waals surface area contributed by atoms with Crippen LogP contribution < -0.4 is 5.32 Å². The van der Waals surface area contributed by atoms with Crippen LogP contribution in [0.1, 0.15) is 44.0 Å². The van der Waals surface area contributed by atoms with Gasteiger partial charge in [0, 0.05) is 11.9 Å². The van der Waals surface area contributed by atoms with E-state index in [2.05, 4.69) is 5.32 Å². The van der Waals surface area contributed by atoms with Crippen molar-refractivity contribution in [1.29, 1.82) is 0 Å². The number of amides is 2. The number of carboxylic acids is 1. The summed E-state index contributed by atoms with van der Waals surface area (Å²) in [7, 11) is 1.68. The normalized spacial score (nSPS) is 13.6. The van der Waals surface area contributed by atoms with Gasteiger partial charge in [0.05, 0.1) is 6.04 Å². The molecule has 0 aliphatic carbocycles. The van der Waals surface area contributed by atoms with Crippen LogP contribution in [0.25, 0.3) is 0 Å². The molecule has 0 radical (unpaired) electrons. The highest BCUT2D eigenvalue weighted by Gasteiger charge is 2.24. The maximum absolute atomic E-state index is 12.1. The third-order valence-corrected chi connectivity index (χ3v) is 4.34. The number of nitrogens with one attached hydrogen (secondary N) is 1. The van der Waals surface area contributed by atoms with Crippen LogP contribution in [0.5, 0.6) is 0 Å². The first kappa shape index (κ1) is 16.5. The zero-order valence-electron chi connectivity index (χ0n) is 12.1. The Kier molecular flexibility index (Phi) is 6.51. The molecule has 0 aliphatic rings. The van der Waals surface area contributed by atoms with Crippen LogP contribution in [0, 0.1) is 0 Å². The summed E-state index contributed by atoms with van der Waals surface area (Å²) in [6.45, 7) is 3.92. The van der Waals surface area contributed by atoms with Crippen molar-refractivity contribution in [2.75, 3.05) is 7.05 Å². The summed E-state index contributed by atoms with van der Waals surface area (Å²) in [5.74, 6) is -0.982. The quantitative estimate of drug-likeness (QED) is 0.812. The fourth-order valence-corrected chi connectivity index (χ4v) is 2.64. The van der Waals surface area contributed by atoms with Gasteiger partial charge in [-0.1, -0.05) is 25.8 Å². The largest absolute Gasteiger partial charge is 0.480 e. The third kappa shape index (κ3) is 4.52. The van der Waals surface area contributed by atoms with Crippen LogP contribution in [-0.2, 0) is 4.79 Å². The van der Waals surface area contributed by atoms with E-state index < -0.39 is 12.0 Å². The number of hydrogen-bond acceptors (Lipinski definition) is 3. The number of carbonyl (C=O) groups excluding carboxylic acids is 1. The third-order valence-electron chi connectivity index (χ3n) is 3.30.